The number of nitrogens with zero attached hydrogens (tertiary/aromatic N) is 2. The lowest BCUT2D eigenvalue weighted by molar-refractivity contribution is 0.205. The first kappa shape index (κ1) is 24.0. The maximum atomic E-state index is 12.6. The maximum Gasteiger partial charge on any atom is 0.350 e. The largest absolute Gasteiger partial charge is 0.370 e. The van der Waals surface area contributed by atoms with Crippen LogP contribution < -0.4 is 11.1 Å². The molecule has 0 aromatic heterocycles. The number of piperidine rings is 1. The Morgan fingerprint density at radius 3 is 2.52 bits per heavy atom. The number of aliphatic imine (C=N–C) groups is 1. The average molecular weight is 516 g/mol. The summed E-state index contributed by atoms with van der Waals surface area (Å²) in [7, 11) is -4.48. The molecule has 0 unspecified atom stereocenters. The third-order valence-electron chi connectivity index (χ3n) is 4.50. The van der Waals surface area contributed by atoms with E-state index < -0.39 is 15.8 Å². The van der Waals surface area contributed by atoms with Gasteiger partial charge >= 0.3 is 5.76 Å². The molecule has 1 fully saturated rings. The number of sulfonamides is 1. The fraction of sp³-hybridized carbons (Fsp3) is 0.588. The molecular formula is C17H27F2IN4O2S. The van der Waals surface area contributed by atoms with Crippen molar-refractivity contribution in [1.29, 1.82) is 0 Å². The van der Waals surface area contributed by atoms with E-state index in [-0.39, 0.29) is 48.9 Å². The van der Waals surface area contributed by atoms with Crippen LogP contribution in [0.3, 0.4) is 0 Å². The summed E-state index contributed by atoms with van der Waals surface area (Å²) in [5.41, 5.74) is 7.97. The van der Waals surface area contributed by atoms with Crippen molar-refractivity contribution in [2.45, 2.75) is 38.4 Å². The van der Waals surface area contributed by atoms with E-state index in [1.165, 1.54) is 5.56 Å². The van der Waals surface area contributed by atoms with Crippen LogP contribution in [0.2, 0.25) is 0 Å². The normalized spacial score (nSPS) is 17.2. The predicted molar refractivity (Wildman–Crippen MR) is 115 cm³/mol. The van der Waals surface area contributed by atoms with Gasteiger partial charge in [-0.1, -0.05) is 26.0 Å². The highest BCUT2D eigenvalue weighted by atomic mass is 127. The minimum Gasteiger partial charge on any atom is -0.370 e. The first-order valence-corrected chi connectivity index (χ1v) is 10.1. The highest BCUT2D eigenvalue weighted by Crippen LogP contribution is 2.23. The molecule has 1 aliphatic rings. The first-order chi connectivity index (χ1) is 12.2. The van der Waals surface area contributed by atoms with Gasteiger partial charge in [0, 0.05) is 25.3 Å². The van der Waals surface area contributed by atoms with Gasteiger partial charge in [-0.3, -0.25) is 4.99 Å². The lowest BCUT2D eigenvalue weighted by atomic mass is 9.98. The first-order valence-electron chi connectivity index (χ1n) is 8.64. The second-order valence-corrected chi connectivity index (χ2v) is 8.68. The molecule has 27 heavy (non-hydrogen) atoms. The topological polar surface area (TPSA) is 87.8 Å². The van der Waals surface area contributed by atoms with Gasteiger partial charge in [0.25, 0.3) is 10.0 Å². The Morgan fingerprint density at radius 2 is 1.96 bits per heavy atom. The van der Waals surface area contributed by atoms with Gasteiger partial charge < -0.3 is 11.1 Å². The van der Waals surface area contributed by atoms with Crippen LogP contribution in [0, 0.1) is 5.92 Å². The Balaban J connectivity index is 0.00000364. The SMILES string of the molecule is CC(C)c1cccc(NC(N)=NCC2CCN(S(=O)(=O)C(F)F)CC2)c1.I. The number of anilines is 1. The van der Waals surface area contributed by atoms with Gasteiger partial charge in [-0.2, -0.15) is 13.1 Å². The van der Waals surface area contributed by atoms with Crippen LogP contribution in [0.15, 0.2) is 29.3 Å². The summed E-state index contributed by atoms with van der Waals surface area (Å²) in [4.78, 5) is 4.31. The molecule has 1 aliphatic heterocycles. The van der Waals surface area contributed by atoms with Crippen molar-refractivity contribution in [3.8, 4) is 0 Å². The van der Waals surface area contributed by atoms with Crippen molar-refractivity contribution < 1.29 is 17.2 Å². The molecule has 1 saturated heterocycles. The van der Waals surface area contributed by atoms with E-state index in [4.69, 9.17) is 5.73 Å². The Hall–Kier alpha value is -1.01. The number of alkyl halides is 2. The van der Waals surface area contributed by atoms with Gasteiger partial charge in [-0.15, -0.1) is 24.0 Å². The summed E-state index contributed by atoms with van der Waals surface area (Å²) < 4.78 is 48.9. The quantitative estimate of drug-likeness (QED) is 0.345. The molecule has 154 valence electrons. The molecule has 3 N–H and O–H groups in total. The number of hydrogen-bond acceptors (Lipinski definition) is 3. The second-order valence-electron chi connectivity index (χ2n) is 6.78. The lowest BCUT2D eigenvalue weighted by Gasteiger charge is -2.30. The van der Waals surface area contributed by atoms with Gasteiger partial charge in [0.05, 0.1) is 0 Å². The number of guanidine groups is 1. The minimum atomic E-state index is -4.48. The minimum absolute atomic E-state index is 0. The van der Waals surface area contributed by atoms with Gasteiger partial charge in [-0.05, 0) is 42.4 Å². The Morgan fingerprint density at radius 1 is 1.33 bits per heavy atom. The molecule has 0 amide bonds. The smallest absolute Gasteiger partial charge is 0.350 e. The molecule has 6 nitrogen and oxygen atoms in total. The summed E-state index contributed by atoms with van der Waals surface area (Å²) in [5.74, 6) is -2.54. The molecule has 0 aliphatic carbocycles. The molecule has 0 atom stereocenters. The van der Waals surface area contributed by atoms with Crippen molar-refractivity contribution in [2.24, 2.45) is 16.6 Å². The summed E-state index contributed by atoms with van der Waals surface area (Å²) in [5, 5.41) is 3.05. The lowest BCUT2D eigenvalue weighted by Crippen LogP contribution is -2.41. The highest BCUT2D eigenvalue weighted by Gasteiger charge is 2.34. The van der Waals surface area contributed by atoms with E-state index in [1.807, 2.05) is 24.3 Å². The number of hydrogen-bond donors (Lipinski definition) is 2. The zero-order chi connectivity index (χ0) is 19.3. The number of nitrogens with two attached hydrogens (primary N) is 1. The summed E-state index contributed by atoms with van der Waals surface area (Å²) in [6, 6.07) is 7.91. The summed E-state index contributed by atoms with van der Waals surface area (Å²) in [6.45, 7) is 4.84. The highest BCUT2D eigenvalue weighted by molar-refractivity contribution is 14.0. The van der Waals surface area contributed by atoms with Crippen LogP contribution in [0.1, 0.15) is 38.2 Å². The molecule has 0 saturated carbocycles. The standard InChI is InChI=1S/C17H26F2N4O2S.HI/c1-12(2)14-4-3-5-15(10-14)22-17(20)21-11-13-6-8-23(9-7-13)26(24,25)16(18)19;/h3-5,10,12-13,16H,6-9,11H2,1-2H3,(H3,20,21,22);1H. The van der Waals surface area contributed by atoms with Crippen molar-refractivity contribution in [3.63, 3.8) is 0 Å². The molecule has 1 aromatic rings. The van der Waals surface area contributed by atoms with E-state index in [0.717, 1.165) is 9.99 Å². The van der Waals surface area contributed by atoms with Crippen molar-refractivity contribution in [2.75, 3.05) is 25.0 Å². The molecule has 0 radical (unpaired) electrons. The second kappa shape index (κ2) is 10.5. The van der Waals surface area contributed by atoms with Crippen LogP contribution >= 0.6 is 24.0 Å². The van der Waals surface area contributed by atoms with Crippen LogP contribution in [0.25, 0.3) is 0 Å². The molecule has 10 heteroatoms. The van der Waals surface area contributed by atoms with Gasteiger partial charge in [-0.25, -0.2) is 8.42 Å². The zero-order valence-corrected chi connectivity index (χ0v) is 18.6. The number of halogens is 3. The Labute approximate surface area is 176 Å². The van der Waals surface area contributed by atoms with E-state index in [9.17, 15) is 17.2 Å². The maximum absolute atomic E-state index is 12.6. The molecular weight excluding hydrogens is 489 g/mol. The summed E-state index contributed by atoms with van der Waals surface area (Å²) >= 11 is 0. The Kier molecular flexibility index (Phi) is 9.35. The molecule has 0 spiro atoms. The number of nitrogens with one attached hydrogen (secondary N) is 1. The fourth-order valence-electron chi connectivity index (χ4n) is 2.85. The average Bonchev–Trinajstić information content (AvgIpc) is 2.60. The molecule has 2 rings (SSSR count). The van der Waals surface area contributed by atoms with Crippen molar-refractivity contribution in [3.05, 3.63) is 29.8 Å². The van der Waals surface area contributed by atoms with E-state index in [2.05, 4.69) is 24.2 Å². The van der Waals surface area contributed by atoms with Crippen LogP contribution in [0.5, 0.6) is 0 Å². The van der Waals surface area contributed by atoms with Crippen LogP contribution in [-0.2, 0) is 10.0 Å². The monoisotopic (exact) mass is 516 g/mol. The zero-order valence-electron chi connectivity index (χ0n) is 15.4. The van der Waals surface area contributed by atoms with Crippen molar-refractivity contribution in [1.82, 2.24) is 4.31 Å². The molecule has 0 bridgehead atoms. The molecule has 1 aromatic carbocycles. The molecule has 1 heterocycles. The van der Waals surface area contributed by atoms with Gasteiger partial charge in [0.15, 0.2) is 5.96 Å². The van der Waals surface area contributed by atoms with Crippen LogP contribution in [-0.4, -0.2) is 44.1 Å². The van der Waals surface area contributed by atoms with E-state index in [1.54, 1.807) is 0 Å². The third-order valence-corrected chi connectivity index (χ3v) is 6.04. The fourth-order valence-corrected chi connectivity index (χ4v) is 3.79. The van der Waals surface area contributed by atoms with Crippen LogP contribution in [0.4, 0.5) is 14.5 Å². The number of benzene rings is 1. The van der Waals surface area contributed by atoms with E-state index >= 15 is 0 Å². The number of rotatable bonds is 6. The van der Waals surface area contributed by atoms with Gasteiger partial charge in [0.2, 0.25) is 0 Å². The third kappa shape index (κ3) is 6.83. The predicted octanol–water partition coefficient (Wildman–Crippen LogP) is 3.42. The summed E-state index contributed by atoms with van der Waals surface area (Å²) in [6.07, 6.45) is 0.983. The van der Waals surface area contributed by atoms with Gasteiger partial charge in [0.1, 0.15) is 0 Å². The Bertz CT molecular complexity index is 736. The van der Waals surface area contributed by atoms with E-state index in [0.29, 0.717) is 25.3 Å². The van der Waals surface area contributed by atoms with Crippen molar-refractivity contribution >= 4 is 45.6 Å².